The van der Waals surface area contributed by atoms with Gasteiger partial charge in [-0.2, -0.15) is 0 Å². The van der Waals surface area contributed by atoms with Gasteiger partial charge in [-0.05, 0) is 25.8 Å². The van der Waals surface area contributed by atoms with Gasteiger partial charge in [0.1, 0.15) is 6.61 Å². The van der Waals surface area contributed by atoms with Gasteiger partial charge in [-0.25, -0.2) is 0 Å². The molecule has 2 atom stereocenters. The fourth-order valence-corrected chi connectivity index (χ4v) is 2.83. The first-order valence-electron chi connectivity index (χ1n) is 5.96. The summed E-state index contributed by atoms with van der Waals surface area (Å²) in [6.45, 7) is 3.08. The number of nitrogens with one attached hydrogen (secondary N) is 1. The predicted molar refractivity (Wildman–Crippen MR) is 55.5 cm³/mol. The van der Waals surface area contributed by atoms with Crippen molar-refractivity contribution in [1.29, 1.82) is 0 Å². The van der Waals surface area contributed by atoms with Gasteiger partial charge in [-0.15, -0.1) is 0 Å². The Kier molecular flexibility index (Phi) is 2.41. The number of ether oxygens (including phenoxy) is 1. The van der Waals surface area contributed by atoms with Gasteiger partial charge < -0.3 is 15.0 Å². The maximum atomic E-state index is 11.9. The minimum atomic E-state index is 0.215. The Labute approximate surface area is 90.0 Å². The second-order valence-electron chi connectivity index (χ2n) is 4.87. The Bertz CT molecular complexity index is 265. The first-order valence-corrected chi connectivity index (χ1v) is 5.96. The fraction of sp³-hybridized carbons (Fsp3) is 0.909. The quantitative estimate of drug-likeness (QED) is 0.661. The van der Waals surface area contributed by atoms with E-state index in [-0.39, 0.29) is 5.91 Å². The molecule has 3 aliphatic rings. The highest BCUT2D eigenvalue weighted by Crippen LogP contribution is 2.34. The van der Waals surface area contributed by atoms with Crippen LogP contribution in [-0.4, -0.2) is 49.2 Å². The van der Waals surface area contributed by atoms with Crippen molar-refractivity contribution < 1.29 is 9.53 Å². The van der Waals surface area contributed by atoms with Gasteiger partial charge in [-0.1, -0.05) is 0 Å². The molecule has 0 spiro atoms. The second-order valence-corrected chi connectivity index (χ2v) is 4.87. The highest BCUT2D eigenvalue weighted by molar-refractivity contribution is 5.78. The second kappa shape index (κ2) is 3.76. The van der Waals surface area contributed by atoms with Crippen LogP contribution in [0.4, 0.5) is 0 Å². The monoisotopic (exact) mass is 210 g/mol. The van der Waals surface area contributed by atoms with Crippen molar-refractivity contribution in [3.05, 3.63) is 0 Å². The molecule has 2 saturated heterocycles. The van der Waals surface area contributed by atoms with Gasteiger partial charge in [0.15, 0.2) is 0 Å². The topological polar surface area (TPSA) is 41.6 Å². The minimum absolute atomic E-state index is 0.215. The van der Waals surface area contributed by atoms with Crippen molar-refractivity contribution in [3.63, 3.8) is 0 Å². The summed E-state index contributed by atoms with van der Waals surface area (Å²) in [6.07, 6.45) is 3.49. The maximum Gasteiger partial charge on any atom is 0.249 e. The molecule has 0 aromatic heterocycles. The summed E-state index contributed by atoms with van der Waals surface area (Å²) in [5.41, 5.74) is 0. The Morgan fingerprint density at radius 2 is 2.20 bits per heavy atom. The molecule has 3 rings (SSSR count). The molecule has 0 bridgehead atoms. The molecule has 3 fully saturated rings. The molecule has 1 amide bonds. The molecule has 2 aliphatic heterocycles. The standard InChI is InChI=1S/C11H18N2O2/c14-11-7-15-6-8-5-12-4-3-10(8)13(11)9-1-2-9/h8-10,12H,1-7H2. The molecule has 2 heterocycles. The molecular weight excluding hydrogens is 192 g/mol. The summed E-state index contributed by atoms with van der Waals surface area (Å²) in [5, 5.41) is 3.39. The highest BCUT2D eigenvalue weighted by Gasteiger charge is 2.42. The van der Waals surface area contributed by atoms with Crippen LogP contribution in [0.25, 0.3) is 0 Å². The molecule has 0 aromatic rings. The molecule has 15 heavy (non-hydrogen) atoms. The number of nitrogens with zero attached hydrogens (tertiary/aromatic N) is 1. The van der Waals surface area contributed by atoms with Crippen LogP contribution in [0.5, 0.6) is 0 Å². The molecule has 84 valence electrons. The number of amides is 1. The maximum absolute atomic E-state index is 11.9. The Hall–Kier alpha value is -0.610. The molecule has 4 nitrogen and oxygen atoms in total. The smallest absolute Gasteiger partial charge is 0.249 e. The Balaban J connectivity index is 1.82. The number of rotatable bonds is 1. The van der Waals surface area contributed by atoms with Gasteiger partial charge in [0.05, 0.1) is 6.61 Å². The molecule has 0 aromatic carbocycles. The van der Waals surface area contributed by atoms with Crippen molar-refractivity contribution in [2.45, 2.75) is 31.3 Å². The van der Waals surface area contributed by atoms with Crippen LogP contribution in [0.2, 0.25) is 0 Å². The summed E-state index contributed by atoms with van der Waals surface area (Å²) in [6, 6.07) is 0.971. The summed E-state index contributed by atoms with van der Waals surface area (Å²) < 4.78 is 5.45. The van der Waals surface area contributed by atoms with Crippen molar-refractivity contribution >= 4 is 5.91 Å². The average Bonchev–Trinajstić information content (AvgIpc) is 3.03. The predicted octanol–water partition coefficient (Wildman–Crippen LogP) is -0.0143. The first-order chi connectivity index (χ1) is 7.36. The van der Waals surface area contributed by atoms with Crippen LogP contribution in [-0.2, 0) is 9.53 Å². The third-order valence-corrected chi connectivity index (χ3v) is 3.71. The molecule has 1 aliphatic carbocycles. The van der Waals surface area contributed by atoms with E-state index in [1.54, 1.807) is 0 Å². The summed E-state index contributed by atoms with van der Waals surface area (Å²) >= 11 is 0. The number of piperidine rings is 1. The van der Waals surface area contributed by atoms with Crippen LogP contribution in [0.3, 0.4) is 0 Å². The molecule has 4 heteroatoms. The molecule has 1 N–H and O–H groups in total. The van der Waals surface area contributed by atoms with E-state index in [0.717, 1.165) is 26.1 Å². The zero-order chi connectivity index (χ0) is 10.3. The molecule has 2 unspecified atom stereocenters. The Morgan fingerprint density at radius 3 is 3.00 bits per heavy atom. The zero-order valence-corrected chi connectivity index (χ0v) is 8.95. The fourth-order valence-electron chi connectivity index (χ4n) is 2.83. The van der Waals surface area contributed by atoms with E-state index in [0.29, 0.717) is 24.6 Å². The van der Waals surface area contributed by atoms with Crippen molar-refractivity contribution in [3.8, 4) is 0 Å². The van der Waals surface area contributed by atoms with E-state index in [9.17, 15) is 4.79 Å². The van der Waals surface area contributed by atoms with Crippen molar-refractivity contribution in [2.75, 3.05) is 26.3 Å². The SMILES string of the molecule is O=C1COCC2CNCCC2N1C1CC1. The van der Waals surface area contributed by atoms with E-state index in [1.165, 1.54) is 12.8 Å². The summed E-state index contributed by atoms with van der Waals surface area (Å²) in [5.74, 6) is 0.720. The number of carbonyl (C=O) groups is 1. The largest absolute Gasteiger partial charge is 0.371 e. The van der Waals surface area contributed by atoms with Crippen LogP contribution in [0.1, 0.15) is 19.3 Å². The third kappa shape index (κ3) is 1.76. The van der Waals surface area contributed by atoms with Gasteiger partial charge in [0.25, 0.3) is 0 Å². The van der Waals surface area contributed by atoms with Crippen LogP contribution >= 0.6 is 0 Å². The summed E-state index contributed by atoms with van der Waals surface area (Å²) in [4.78, 5) is 14.1. The molecule has 0 radical (unpaired) electrons. The molecule has 1 saturated carbocycles. The van der Waals surface area contributed by atoms with E-state index in [2.05, 4.69) is 10.2 Å². The average molecular weight is 210 g/mol. The van der Waals surface area contributed by atoms with Crippen molar-refractivity contribution in [1.82, 2.24) is 10.2 Å². The number of fused-ring (bicyclic) bond motifs is 1. The van der Waals surface area contributed by atoms with E-state index in [4.69, 9.17) is 4.74 Å². The normalized spacial score (nSPS) is 37.3. The van der Waals surface area contributed by atoms with Gasteiger partial charge in [0, 0.05) is 24.5 Å². The van der Waals surface area contributed by atoms with Crippen molar-refractivity contribution in [2.24, 2.45) is 5.92 Å². The van der Waals surface area contributed by atoms with Crippen LogP contribution in [0, 0.1) is 5.92 Å². The number of carbonyl (C=O) groups excluding carboxylic acids is 1. The van der Waals surface area contributed by atoms with Crippen LogP contribution < -0.4 is 5.32 Å². The lowest BCUT2D eigenvalue weighted by atomic mass is 9.92. The zero-order valence-electron chi connectivity index (χ0n) is 8.95. The third-order valence-electron chi connectivity index (χ3n) is 3.71. The number of hydrogen-bond acceptors (Lipinski definition) is 3. The van der Waals surface area contributed by atoms with Gasteiger partial charge in [-0.3, -0.25) is 4.79 Å². The lowest BCUT2D eigenvalue weighted by molar-refractivity contribution is -0.136. The van der Waals surface area contributed by atoms with E-state index < -0.39 is 0 Å². The van der Waals surface area contributed by atoms with Gasteiger partial charge in [0.2, 0.25) is 5.91 Å². The first kappa shape index (κ1) is 9.60. The highest BCUT2D eigenvalue weighted by atomic mass is 16.5. The minimum Gasteiger partial charge on any atom is -0.371 e. The Morgan fingerprint density at radius 1 is 1.33 bits per heavy atom. The van der Waals surface area contributed by atoms with E-state index in [1.807, 2.05) is 0 Å². The summed E-state index contributed by atoms with van der Waals surface area (Å²) in [7, 11) is 0. The van der Waals surface area contributed by atoms with Gasteiger partial charge >= 0.3 is 0 Å². The van der Waals surface area contributed by atoms with E-state index >= 15 is 0 Å². The lowest BCUT2D eigenvalue weighted by Crippen LogP contribution is -2.52. The van der Waals surface area contributed by atoms with Crippen LogP contribution in [0.15, 0.2) is 0 Å². The molecular formula is C11H18N2O2. The lowest BCUT2D eigenvalue weighted by Gasteiger charge is -2.38. The number of hydrogen-bond donors (Lipinski definition) is 1.